The van der Waals surface area contributed by atoms with Crippen molar-refractivity contribution in [3.63, 3.8) is 0 Å². The van der Waals surface area contributed by atoms with Gasteiger partial charge in [0.05, 0.1) is 54.9 Å². The highest BCUT2D eigenvalue weighted by Gasteiger charge is 2.69. The molecule has 4 heterocycles. The van der Waals surface area contributed by atoms with Crippen LogP contribution in [0.15, 0.2) is 109 Å². The highest BCUT2D eigenvalue weighted by molar-refractivity contribution is 9.10. The maximum absolute atomic E-state index is 15.3. The summed E-state index contributed by atoms with van der Waals surface area (Å²) >= 11 is 9.89. The number of phenols is 1. The molecule has 4 aromatic carbocycles. The molecule has 2 N–H and O–H groups in total. The number of imide groups is 1. The van der Waals surface area contributed by atoms with Crippen molar-refractivity contribution in [2.75, 3.05) is 19.6 Å². The van der Waals surface area contributed by atoms with Gasteiger partial charge >= 0.3 is 11.4 Å². The Labute approximate surface area is 358 Å². The number of hydrogen-bond acceptors (Lipinski definition) is 10. The summed E-state index contributed by atoms with van der Waals surface area (Å²) in [7, 11) is 4.55. The molecule has 0 bridgehead atoms. The first kappa shape index (κ1) is 40.0. The standard InChI is InChI=1S/C43H36BrClFN7O8/c1-49-33-21-36(61-3)35(60-2)20-31(33)47-30(39(49)56)15-16-50-41(58)51-17-14-27-32(53(51)42(50)59)19-29-38(55)52(48-26-11-9-25(46)10-12-26)40(57)43(29,22-4-7-24(45)8-5-22)37(27)28-18-23(44)6-13-34(28)54/h4-14,18,20-21,29,32,37,48,54H,15-17,19H2,1-3H3. The summed E-state index contributed by atoms with van der Waals surface area (Å²) in [6.07, 6.45) is 1.59. The van der Waals surface area contributed by atoms with Gasteiger partial charge in [0.25, 0.3) is 17.4 Å². The lowest BCUT2D eigenvalue weighted by molar-refractivity contribution is -0.138. The second-order valence-electron chi connectivity index (χ2n) is 15.1. The van der Waals surface area contributed by atoms with Crippen LogP contribution in [0.25, 0.3) is 11.0 Å². The molecule has 9 rings (SSSR count). The fraction of sp³-hybridized carbons (Fsp3) is 0.256. The second-order valence-corrected chi connectivity index (χ2v) is 16.5. The molecule has 0 radical (unpaired) electrons. The summed E-state index contributed by atoms with van der Waals surface area (Å²) in [5.41, 5.74) is 1.98. The number of halogens is 3. The zero-order chi connectivity index (χ0) is 43.1. The van der Waals surface area contributed by atoms with Gasteiger partial charge in [-0.1, -0.05) is 45.7 Å². The topological polar surface area (TPSA) is 172 Å². The van der Waals surface area contributed by atoms with E-state index in [2.05, 4.69) is 26.3 Å². The van der Waals surface area contributed by atoms with Gasteiger partial charge < -0.3 is 19.1 Å². The fourth-order valence-electron chi connectivity index (χ4n) is 9.35. The average Bonchev–Trinajstić information content (AvgIpc) is 3.62. The number of hydrogen-bond donors (Lipinski definition) is 2. The number of nitrogens with one attached hydrogen (secondary N) is 1. The van der Waals surface area contributed by atoms with Crippen molar-refractivity contribution in [3.05, 3.63) is 154 Å². The van der Waals surface area contributed by atoms with Crippen molar-refractivity contribution < 1.29 is 28.6 Å². The van der Waals surface area contributed by atoms with Crippen LogP contribution in [0.1, 0.15) is 35.2 Å². The molecule has 1 aliphatic carbocycles. The van der Waals surface area contributed by atoms with Crippen LogP contribution < -0.4 is 31.8 Å². The Bertz CT molecular complexity index is 3030. The molecule has 312 valence electrons. The number of amides is 2. The van der Waals surface area contributed by atoms with Crippen LogP contribution in [0.2, 0.25) is 5.02 Å². The molecule has 2 amide bonds. The number of ether oxygens (including phenoxy) is 2. The fourth-order valence-corrected chi connectivity index (χ4v) is 9.85. The van der Waals surface area contributed by atoms with E-state index in [1.165, 1.54) is 58.5 Å². The minimum atomic E-state index is -1.71. The lowest BCUT2D eigenvalue weighted by Gasteiger charge is -2.49. The van der Waals surface area contributed by atoms with Gasteiger partial charge in [0, 0.05) is 53.1 Å². The highest BCUT2D eigenvalue weighted by Crippen LogP contribution is 2.63. The Morgan fingerprint density at radius 3 is 2.36 bits per heavy atom. The molecule has 1 saturated heterocycles. The Hall–Kier alpha value is -6.46. The predicted molar refractivity (Wildman–Crippen MR) is 226 cm³/mol. The maximum atomic E-state index is 15.3. The van der Waals surface area contributed by atoms with Crippen LogP contribution in [0.5, 0.6) is 17.2 Å². The van der Waals surface area contributed by atoms with E-state index < -0.39 is 57.9 Å². The number of rotatable bonds is 9. The van der Waals surface area contributed by atoms with E-state index in [9.17, 15) is 28.7 Å². The lowest BCUT2D eigenvalue weighted by atomic mass is 9.53. The first-order chi connectivity index (χ1) is 29.3. The minimum absolute atomic E-state index is 0.0745. The molecule has 15 nitrogen and oxygen atoms in total. The van der Waals surface area contributed by atoms with Crippen molar-refractivity contribution in [2.24, 2.45) is 13.0 Å². The predicted octanol–water partition coefficient (Wildman–Crippen LogP) is 5.20. The number of nitrogens with zero attached hydrogens (tertiary/aromatic N) is 6. The van der Waals surface area contributed by atoms with Gasteiger partial charge in [-0.15, -0.1) is 0 Å². The van der Waals surface area contributed by atoms with Gasteiger partial charge in [-0.05, 0) is 72.2 Å². The van der Waals surface area contributed by atoms with Crippen LogP contribution in [0.3, 0.4) is 0 Å². The number of aryl methyl sites for hydroxylation is 2. The lowest BCUT2D eigenvalue weighted by Crippen LogP contribution is -2.53. The normalized spacial score (nSPS) is 20.6. The number of benzene rings is 4. The van der Waals surface area contributed by atoms with Gasteiger partial charge in [-0.2, -0.15) is 5.01 Å². The molecule has 6 aromatic rings. The number of methoxy groups -OCH3 is 2. The van der Waals surface area contributed by atoms with Crippen LogP contribution >= 0.6 is 27.5 Å². The molecule has 61 heavy (non-hydrogen) atoms. The van der Waals surface area contributed by atoms with Crippen LogP contribution in [0, 0.1) is 11.7 Å². The van der Waals surface area contributed by atoms with E-state index >= 15 is 4.79 Å². The van der Waals surface area contributed by atoms with Gasteiger partial charge in [-0.25, -0.2) is 32.9 Å². The summed E-state index contributed by atoms with van der Waals surface area (Å²) in [6.45, 7) is -0.286. The Morgan fingerprint density at radius 1 is 0.951 bits per heavy atom. The maximum Gasteiger partial charge on any atom is 0.347 e. The first-order valence-corrected chi connectivity index (χ1v) is 20.3. The molecule has 2 aliphatic heterocycles. The minimum Gasteiger partial charge on any atom is -0.508 e. The Kier molecular flexibility index (Phi) is 9.77. The molecule has 18 heteroatoms. The number of carbonyl (C=O) groups is 2. The number of phenolic OH excluding ortho intramolecular Hbond substituents is 1. The molecular weight excluding hydrogens is 877 g/mol. The SMILES string of the molecule is COc1cc2nc(CCn3c(=O)n4n(c3=O)C3CC5C(=O)N(Nc6ccc(F)cc6)C(=O)C5(c5ccc(Cl)cc5)C(c5cc(Br)ccc5O)C3=CC4)c(=O)n(C)c2cc1OC. The largest absolute Gasteiger partial charge is 0.508 e. The van der Waals surface area contributed by atoms with E-state index in [1.54, 1.807) is 61.7 Å². The molecule has 2 aromatic heterocycles. The zero-order valence-electron chi connectivity index (χ0n) is 32.8. The van der Waals surface area contributed by atoms with Crippen LogP contribution in [-0.4, -0.2) is 59.6 Å². The number of aromatic hydroxyl groups is 1. The highest BCUT2D eigenvalue weighted by atomic mass is 79.9. The van der Waals surface area contributed by atoms with Crippen molar-refractivity contribution in [1.29, 1.82) is 0 Å². The summed E-state index contributed by atoms with van der Waals surface area (Å²) in [5, 5.41) is 12.9. The molecule has 3 aliphatic rings. The number of carbonyl (C=O) groups excluding carboxylic acids is 2. The average molecular weight is 913 g/mol. The van der Waals surface area contributed by atoms with E-state index in [0.29, 0.717) is 48.7 Å². The van der Waals surface area contributed by atoms with E-state index in [4.69, 9.17) is 21.1 Å². The third-order valence-corrected chi connectivity index (χ3v) is 12.9. The molecule has 2 fully saturated rings. The molecule has 4 unspecified atom stereocenters. The van der Waals surface area contributed by atoms with E-state index in [1.807, 2.05) is 0 Å². The van der Waals surface area contributed by atoms with Crippen LogP contribution in [0.4, 0.5) is 10.1 Å². The van der Waals surface area contributed by atoms with E-state index in [0.717, 1.165) is 9.58 Å². The summed E-state index contributed by atoms with van der Waals surface area (Å²) < 4.78 is 30.4. The molecule has 1 saturated carbocycles. The summed E-state index contributed by atoms with van der Waals surface area (Å²) in [5.74, 6) is -3.38. The third kappa shape index (κ3) is 6.11. The number of hydrazine groups is 1. The first-order valence-electron chi connectivity index (χ1n) is 19.2. The molecule has 4 atom stereocenters. The number of allylic oxidation sites excluding steroid dienone is 2. The van der Waals surface area contributed by atoms with Crippen molar-refractivity contribution in [3.8, 4) is 17.2 Å². The van der Waals surface area contributed by atoms with Gasteiger partial charge in [0.1, 0.15) is 17.3 Å². The molecule has 0 spiro atoms. The van der Waals surface area contributed by atoms with Gasteiger partial charge in [-0.3, -0.25) is 19.8 Å². The number of fused-ring (bicyclic) bond motifs is 5. The Balaban J connectivity index is 1.17. The summed E-state index contributed by atoms with van der Waals surface area (Å²) in [4.78, 5) is 77.1. The van der Waals surface area contributed by atoms with E-state index in [-0.39, 0.29) is 43.1 Å². The zero-order valence-corrected chi connectivity index (χ0v) is 35.1. The third-order valence-electron chi connectivity index (χ3n) is 12.1. The van der Waals surface area contributed by atoms with Gasteiger partial charge in [0.15, 0.2) is 11.5 Å². The smallest absolute Gasteiger partial charge is 0.347 e. The quantitative estimate of drug-likeness (QED) is 0.145. The van der Waals surface area contributed by atoms with Crippen molar-refractivity contribution >= 4 is 56.1 Å². The number of anilines is 1. The molecular formula is C43H36BrClFN7O8. The van der Waals surface area contributed by atoms with Gasteiger partial charge in [0.2, 0.25) is 0 Å². The monoisotopic (exact) mass is 911 g/mol. The number of aromatic nitrogens is 5. The second kappa shape index (κ2) is 14.9. The van der Waals surface area contributed by atoms with Crippen molar-refractivity contribution in [1.82, 2.24) is 28.5 Å². The van der Waals surface area contributed by atoms with Crippen LogP contribution in [-0.2, 0) is 41.6 Å². The van der Waals surface area contributed by atoms with Crippen molar-refractivity contribution in [2.45, 2.75) is 43.3 Å². The summed E-state index contributed by atoms with van der Waals surface area (Å²) in [6, 6.07) is 18.9. The Morgan fingerprint density at radius 2 is 1.66 bits per heavy atom.